The Morgan fingerprint density at radius 2 is 1.67 bits per heavy atom. The smallest absolute Gasteiger partial charge is 0.416 e. The van der Waals surface area contributed by atoms with Crippen LogP contribution in [0, 0.1) is 0 Å². The van der Waals surface area contributed by atoms with Crippen LogP contribution in [0.5, 0.6) is 11.5 Å². The van der Waals surface area contributed by atoms with Gasteiger partial charge < -0.3 is 9.47 Å². The molecule has 0 radical (unpaired) electrons. The van der Waals surface area contributed by atoms with E-state index in [1.165, 1.54) is 25.0 Å². The predicted molar refractivity (Wildman–Crippen MR) is 112 cm³/mol. The van der Waals surface area contributed by atoms with Gasteiger partial charge in [0.1, 0.15) is 6.61 Å². The largest absolute Gasteiger partial charge is 0.490 e. The van der Waals surface area contributed by atoms with Gasteiger partial charge >= 0.3 is 6.18 Å². The van der Waals surface area contributed by atoms with Crippen LogP contribution in [-0.4, -0.2) is 37.2 Å². The molecule has 2 aromatic rings. The Morgan fingerprint density at radius 1 is 0.967 bits per heavy atom. The van der Waals surface area contributed by atoms with Gasteiger partial charge in [-0.1, -0.05) is 30.7 Å². The molecule has 30 heavy (non-hydrogen) atoms. The van der Waals surface area contributed by atoms with Gasteiger partial charge in [-0.25, -0.2) is 0 Å². The van der Waals surface area contributed by atoms with Gasteiger partial charge in [0.25, 0.3) is 0 Å². The topological polar surface area (TPSA) is 21.7 Å². The minimum atomic E-state index is -4.28. The van der Waals surface area contributed by atoms with Gasteiger partial charge in [-0.3, -0.25) is 4.90 Å². The number of nitrogens with zero attached hydrogens (tertiary/aromatic N) is 1. The number of aryl methyl sites for hydroxylation is 1. The van der Waals surface area contributed by atoms with Gasteiger partial charge in [-0.2, -0.15) is 13.2 Å². The number of piperidine rings is 1. The van der Waals surface area contributed by atoms with Crippen LogP contribution in [0.3, 0.4) is 0 Å². The number of hydrogen-bond acceptors (Lipinski definition) is 3. The Labute approximate surface area is 176 Å². The lowest BCUT2D eigenvalue weighted by atomic mass is 10.0. The molecule has 6 heteroatoms. The number of ether oxygens (including phenoxy) is 2. The maximum Gasteiger partial charge on any atom is 0.416 e. The lowest BCUT2D eigenvalue weighted by molar-refractivity contribution is -0.137. The van der Waals surface area contributed by atoms with E-state index in [1.54, 1.807) is 12.1 Å². The highest BCUT2D eigenvalue weighted by Gasteiger charge is 2.30. The molecule has 1 heterocycles. The molecule has 1 atom stereocenters. The zero-order valence-electron chi connectivity index (χ0n) is 17.5. The number of benzene rings is 2. The van der Waals surface area contributed by atoms with Crippen LogP contribution in [0.4, 0.5) is 13.2 Å². The predicted octanol–water partition coefficient (Wildman–Crippen LogP) is 5.97. The van der Waals surface area contributed by atoms with E-state index in [4.69, 9.17) is 9.47 Å². The Kier molecular flexibility index (Phi) is 8.02. The van der Waals surface area contributed by atoms with Crippen molar-refractivity contribution in [1.82, 2.24) is 4.90 Å². The Morgan fingerprint density at radius 3 is 2.33 bits per heavy atom. The molecule has 1 unspecified atom stereocenters. The normalized spacial score (nSPS) is 17.7. The first kappa shape index (κ1) is 22.5. The van der Waals surface area contributed by atoms with Crippen molar-refractivity contribution in [2.24, 2.45) is 0 Å². The molecule has 0 N–H and O–H groups in total. The van der Waals surface area contributed by atoms with E-state index in [-0.39, 0.29) is 0 Å². The minimum Gasteiger partial charge on any atom is -0.490 e. The first-order valence-corrected chi connectivity index (χ1v) is 10.7. The van der Waals surface area contributed by atoms with Gasteiger partial charge in [-0.05, 0) is 75.5 Å². The fraction of sp³-hybridized carbons (Fsp3) is 0.500. The van der Waals surface area contributed by atoms with Crippen LogP contribution in [0.1, 0.15) is 43.7 Å². The Hall–Kier alpha value is -2.21. The van der Waals surface area contributed by atoms with Crippen molar-refractivity contribution in [3.63, 3.8) is 0 Å². The van der Waals surface area contributed by atoms with Crippen molar-refractivity contribution in [3.05, 3.63) is 59.7 Å². The average molecular weight is 422 g/mol. The van der Waals surface area contributed by atoms with E-state index in [9.17, 15) is 13.2 Å². The summed E-state index contributed by atoms with van der Waals surface area (Å²) < 4.78 is 49.8. The summed E-state index contributed by atoms with van der Waals surface area (Å²) >= 11 is 0. The van der Waals surface area contributed by atoms with Crippen molar-refractivity contribution in [2.75, 3.05) is 26.3 Å². The van der Waals surface area contributed by atoms with Crippen molar-refractivity contribution in [2.45, 2.75) is 51.2 Å². The van der Waals surface area contributed by atoms with Crippen LogP contribution >= 0.6 is 0 Å². The number of alkyl halides is 3. The zero-order valence-corrected chi connectivity index (χ0v) is 17.5. The monoisotopic (exact) mass is 421 g/mol. The first-order chi connectivity index (χ1) is 14.5. The zero-order chi connectivity index (χ0) is 21.4. The third-order valence-electron chi connectivity index (χ3n) is 5.52. The summed E-state index contributed by atoms with van der Waals surface area (Å²) in [7, 11) is 0. The highest BCUT2D eigenvalue weighted by molar-refractivity contribution is 5.39. The maximum absolute atomic E-state index is 12.7. The number of hydrogen-bond donors (Lipinski definition) is 0. The third-order valence-corrected chi connectivity index (χ3v) is 5.52. The molecule has 1 saturated heterocycles. The molecule has 0 aromatic heterocycles. The first-order valence-electron chi connectivity index (χ1n) is 10.7. The fourth-order valence-electron chi connectivity index (χ4n) is 3.92. The number of halogens is 3. The molecule has 3 nitrogen and oxygen atoms in total. The van der Waals surface area contributed by atoms with Crippen molar-refractivity contribution in [1.29, 1.82) is 0 Å². The fourth-order valence-corrected chi connectivity index (χ4v) is 3.92. The lowest BCUT2D eigenvalue weighted by Gasteiger charge is -2.35. The van der Waals surface area contributed by atoms with Gasteiger partial charge in [-0.15, -0.1) is 0 Å². The average Bonchev–Trinajstić information content (AvgIpc) is 2.74. The molecule has 0 spiro atoms. The van der Waals surface area contributed by atoms with Gasteiger partial charge in [0.2, 0.25) is 0 Å². The number of likely N-dealkylation sites (tertiary alicyclic amines) is 1. The summed E-state index contributed by atoms with van der Waals surface area (Å²) in [6.07, 6.45) is 0.868. The molecule has 164 valence electrons. The van der Waals surface area contributed by atoms with E-state index in [0.717, 1.165) is 49.4 Å². The highest BCUT2D eigenvalue weighted by atomic mass is 19.4. The molecule has 1 aliphatic rings. The highest BCUT2D eigenvalue weighted by Crippen LogP contribution is 2.30. The summed E-state index contributed by atoms with van der Waals surface area (Å²) in [5.41, 5.74) is 0.352. The van der Waals surface area contributed by atoms with E-state index >= 15 is 0 Å². The van der Waals surface area contributed by atoms with Crippen molar-refractivity contribution >= 4 is 0 Å². The molecule has 0 aliphatic carbocycles. The summed E-state index contributed by atoms with van der Waals surface area (Å²) in [5, 5.41) is 0. The van der Waals surface area contributed by atoms with Gasteiger partial charge in [0.05, 0.1) is 12.2 Å². The number of rotatable bonds is 9. The van der Waals surface area contributed by atoms with Crippen LogP contribution < -0.4 is 9.47 Å². The van der Waals surface area contributed by atoms with E-state index in [1.807, 2.05) is 31.2 Å². The quantitative estimate of drug-likeness (QED) is 0.498. The van der Waals surface area contributed by atoms with Crippen LogP contribution in [0.25, 0.3) is 0 Å². The van der Waals surface area contributed by atoms with E-state index < -0.39 is 11.7 Å². The lowest BCUT2D eigenvalue weighted by Crippen LogP contribution is -2.43. The van der Waals surface area contributed by atoms with Crippen molar-refractivity contribution in [3.8, 4) is 11.5 Å². The van der Waals surface area contributed by atoms with Gasteiger partial charge in [0.15, 0.2) is 11.5 Å². The van der Waals surface area contributed by atoms with E-state index in [0.29, 0.717) is 19.3 Å². The van der Waals surface area contributed by atoms with Crippen LogP contribution in [-0.2, 0) is 12.6 Å². The molecular weight excluding hydrogens is 391 g/mol. The number of para-hydroxylation sites is 2. The molecule has 1 fully saturated rings. The molecule has 0 saturated carbocycles. The third kappa shape index (κ3) is 6.39. The summed E-state index contributed by atoms with van der Waals surface area (Å²) in [6.45, 7) is 5.12. The van der Waals surface area contributed by atoms with Crippen LogP contribution in [0.2, 0.25) is 0 Å². The Balaban J connectivity index is 1.50. The van der Waals surface area contributed by atoms with Crippen LogP contribution in [0.15, 0.2) is 48.5 Å². The van der Waals surface area contributed by atoms with Crippen molar-refractivity contribution < 1.29 is 22.6 Å². The minimum absolute atomic E-state index is 0.348. The second kappa shape index (κ2) is 10.7. The summed E-state index contributed by atoms with van der Waals surface area (Å²) in [5.74, 6) is 1.54. The van der Waals surface area contributed by atoms with Gasteiger partial charge in [0, 0.05) is 6.04 Å². The molecule has 0 amide bonds. The standard InChI is InChI=1S/C24H30F3NO2/c1-2-29-22-10-3-4-11-23(22)30-18-21-9-5-6-16-28(21)17-7-8-19-12-14-20(15-13-19)24(25,26)27/h3-4,10-15,21H,2,5-9,16-18H2,1H3. The second-order valence-corrected chi connectivity index (χ2v) is 7.67. The maximum atomic E-state index is 12.7. The molecule has 2 aromatic carbocycles. The molecular formula is C24H30F3NO2. The Bertz CT molecular complexity index is 777. The molecule has 0 bridgehead atoms. The molecule has 1 aliphatic heterocycles. The summed E-state index contributed by atoms with van der Waals surface area (Å²) in [6, 6.07) is 13.6. The van der Waals surface area contributed by atoms with E-state index in [2.05, 4.69) is 4.90 Å². The summed E-state index contributed by atoms with van der Waals surface area (Å²) in [4.78, 5) is 2.46. The SMILES string of the molecule is CCOc1ccccc1OCC1CCCCN1CCCc1ccc(C(F)(F)F)cc1. The molecule has 3 rings (SSSR count). The second-order valence-electron chi connectivity index (χ2n) is 7.67.